The Morgan fingerprint density at radius 3 is 2.50 bits per heavy atom. The molecule has 4 rings (SSSR count). The second kappa shape index (κ2) is 8.88. The molecule has 0 atom stereocenters. The summed E-state index contributed by atoms with van der Waals surface area (Å²) in [5.74, 6) is -0.126. The maximum atomic E-state index is 12.6. The van der Waals surface area contributed by atoms with Crippen LogP contribution in [0.5, 0.6) is 0 Å². The summed E-state index contributed by atoms with van der Waals surface area (Å²) in [6.45, 7) is 1.17. The van der Waals surface area contributed by atoms with E-state index >= 15 is 0 Å². The molecule has 1 aliphatic heterocycles. The lowest BCUT2D eigenvalue weighted by atomic mass is 9.96. The van der Waals surface area contributed by atoms with Gasteiger partial charge in [-0.1, -0.05) is 12.1 Å². The van der Waals surface area contributed by atoms with Crippen molar-refractivity contribution in [2.24, 2.45) is 0 Å². The molecule has 0 unspecified atom stereocenters. The molecule has 1 saturated heterocycles. The molecular weight excluding hydrogens is 418 g/mol. The van der Waals surface area contributed by atoms with E-state index in [1.165, 1.54) is 20.5 Å². The smallest absolute Gasteiger partial charge is 0.243 e. The van der Waals surface area contributed by atoms with E-state index in [4.69, 9.17) is 0 Å². The van der Waals surface area contributed by atoms with Crippen molar-refractivity contribution in [3.63, 3.8) is 0 Å². The Balaban J connectivity index is 1.37. The first kappa shape index (κ1) is 21.0. The van der Waals surface area contributed by atoms with Gasteiger partial charge in [0.1, 0.15) is 11.1 Å². The summed E-state index contributed by atoms with van der Waals surface area (Å²) in [6, 6.07) is 9.07. The van der Waals surface area contributed by atoms with Crippen LogP contribution >= 0.6 is 11.3 Å². The van der Waals surface area contributed by atoms with Crippen LogP contribution in [0.2, 0.25) is 0 Å². The fraction of sp³-hybridized carbons (Fsp3) is 0.455. The number of rotatable bonds is 6. The zero-order valence-corrected chi connectivity index (χ0v) is 18.4. The molecule has 0 saturated carbocycles. The minimum absolute atomic E-state index is 0.126. The first-order valence-electron chi connectivity index (χ1n) is 10.4. The third kappa shape index (κ3) is 4.29. The second-order valence-corrected chi connectivity index (χ2v) is 10.9. The van der Waals surface area contributed by atoms with E-state index in [1.807, 2.05) is 0 Å². The van der Waals surface area contributed by atoms with Crippen LogP contribution in [0.15, 0.2) is 29.2 Å². The highest BCUT2D eigenvalue weighted by atomic mass is 32.2. The van der Waals surface area contributed by atoms with Gasteiger partial charge in [0.25, 0.3) is 0 Å². The molecule has 0 spiro atoms. The van der Waals surface area contributed by atoms with Crippen molar-refractivity contribution in [2.75, 3.05) is 18.4 Å². The number of nitriles is 1. The van der Waals surface area contributed by atoms with Gasteiger partial charge in [0.05, 0.1) is 10.5 Å². The van der Waals surface area contributed by atoms with Crippen molar-refractivity contribution in [1.82, 2.24) is 4.31 Å². The molecule has 2 aromatic rings. The molecule has 1 aromatic carbocycles. The Morgan fingerprint density at radius 1 is 1.10 bits per heavy atom. The lowest BCUT2D eigenvalue weighted by Crippen LogP contribution is -2.27. The van der Waals surface area contributed by atoms with E-state index in [-0.39, 0.29) is 12.3 Å². The average molecular weight is 444 g/mol. The van der Waals surface area contributed by atoms with Gasteiger partial charge in [0, 0.05) is 24.4 Å². The minimum Gasteiger partial charge on any atom is -0.317 e. The Kier molecular flexibility index (Phi) is 6.23. The minimum atomic E-state index is -3.41. The van der Waals surface area contributed by atoms with Gasteiger partial charge < -0.3 is 5.32 Å². The number of hydrogen-bond acceptors (Lipinski definition) is 5. The summed E-state index contributed by atoms with van der Waals surface area (Å²) in [7, 11) is -3.41. The molecule has 0 bridgehead atoms. The van der Waals surface area contributed by atoms with Gasteiger partial charge in [-0.2, -0.15) is 9.57 Å². The summed E-state index contributed by atoms with van der Waals surface area (Å²) in [5, 5.41) is 13.1. The van der Waals surface area contributed by atoms with Crippen LogP contribution in [0.3, 0.4) is 0 Å². The number of carbonyl (C=O) groups is 1. The molecule has 30 heavy (non-hydrogen) atoms. The normalized spacial score (nSPS) is 16.8. The lowest BCUT2D eigenvalue weighted by Gasteiger charge is -2.15. The zero-order chi connectivity index (χ0) is 21.1. The van der Waals surface area contributed by atoms with E-state index < -0.39 is 10.0 Å². The Labute approximate surface area is 181 Å². The lowest BCUT2D eigenvalue weighted by molar-refractivity contribution is -0.116. The summed E-state index contributed by atoms with van der Waals surface area (Å²) in [5.41, 5.74) is 2.65. The van der Waals surface area contributed by atoms with E-state index in [0.717, 1.165) is 49.7 Å². The molecule has 1 aliphatic carbocycles. The Bertz CT molecular complexity index is 1080. The third-order valence-electron chi connectivity index (χ3n) is 5.80. The van der Waals surface area contributed by atoms with Crippen LogP contribution in [0.4, 0.5) is 5.00 Å². The predicted molar refractivity (Wildman–Crippen MR) is 117 cm³/mol. The molecule has 2 aliphatic rings. The number of benzene rings is 1. The molecule has 2 heterocycles. The van der Waals surface area contributed by atoms with Gasteiger partial charge >= 0.3 is 0 Å². The highest BCUT2D eigenvalue weighted by Crippen LogP contribution is 2.37. The summed E-state index contributed by atoms with van der Waals surface area (Å²) in [4.78, 5) is 14.0. The number of thiophene rings is 1. The van der Waals surface area contributed by atoms with Crippen molar-refractivity contribution in [3.8, 4) is 6.07 Å². The standard InChI is InChI=1S/C22H25N3O3S2/c23-15-19-18-5-1-2-6-20(18)29-22(19)24-21(26)12-9-16-7-10-17(11-8-16)30(27,28)25-13-3-4-14-25/h7-8,10-11H,1-6,9,12-14H2,(H,24,26). The van der Waals surface area contributed by atoms with Gasteiger partial charge in [-0.15, -0.1) is 11.3 Å². The molecule has 1 aromatic heterocycles. The number of fused-ring (bicyclic) bond motifs is 1. The predicted octanol–water partition coefficient (Wildman–Crippen LogP) is 3.85. The molecule has 0 radical (unpaired) electrons. The SMILES string of the molecule is N#Cc1c(NC(=O)CCc2ccc(S(=O)(=O)N3CCCC3)cc2)sc2c1CCCC2. The molecule has 158 valence electrons. The molecular formula is C22H25N3O3S2. The maximum absolute atomic E-state index is 12.6. The zero-order valence-electron chi connectivity index (χ0n) is 16.8. The number of nitrogens with zero attached hydrogens (tertiary/aromatic N) is 2. The molecule has 1 fully saturated rings. The van der Waals surface area contributed by atoms with Crippen LogP contribution in [0.1, 0.15) is 53.7 Å². The highest BCUT2D eigenvalue weighted by Gasteiger charge is 2.27. The number of hydrogen-bond donors (Lipinski definition) is 1. The van der Waals surface area contributed by atoms with Crippen molar-refractivity contribution < 1.29 is 13.2 Å². The molecule has 1 N–H and O–H groups in total. The van der Waals surface area contributed by atoms with E-state index in [0.29, 0.717) is 35.0 Å². The second-order valence-electron chi connectivity index (χ2n) is 7.83. The molecule has 1 amide bonds. The fourth-order valence-electron chi connectivity index (χ4n) is 4.12. The summed E-state index contributed by atoms with van der Waals surface area (Å²) < 4.78 is 26.7. The van der Waals surface area contributed by atoms with Crippen molar-refractivity contribution in [1.29, 1.82) is 5.26 Å². The van der Waals surface area contributed by atoms with Crippen LogP contribution in [-0.2, 0) is 34.1 Å². The van der Waals surface area contributed by atoms with Crippen molar-refractivity contribution in [3.05, 3.63) is 45.8 Å². The first-order valence-corrected chi connectivity index (χ1v) is 12.7. The quantitative estimate of drug-likeness (QED) is 0.734. The van der Waals surface area contributed by atoms with Crippen molar-refractivity contribution >= 4 is 32.3 Å². The first-order chi connectivity index (χ1) is 14.5. The van der Waals surface area contributed by atoms with Crippen LogP contribution in [0, 0.1) is 11.3 Å². The summed E-state index contributed by atoms with van der Waals surface area (Å²) >= 11 is 1.53. The number of sulfonamides is 1. The number of amides is 1. The number of nitrogens with one attached hydrogen (secondary N) is 1. The topological polar surface area (TPSA) is 90.3 Å². The van der Waals surface area contributed by atoms with E-state index in [2.05, 4.69) is 11.4 Å². The average Bonchev–Trinajstić information content (AvgIpc) is 3.40. The number of carbonyl (C=O) groups excluding carboxylic acids is 1. The van der Waals surface area contributed by atoms with Crippen molar-refractivity contribution in [2.45, 2.75) is 56.3 Å². The monoisotopic (exact) mass is 443 g/mol. The van der Waals surface area contributed by atoms with E-state index in [9.17, 15) is 18.5 Å². The highest BCUT2D eigenvalue weighted by molar-refractivity contribution is 7.89. The molecule has 8 heteroatoms. The largest absolute Gasteiger partial charge is 0.317 e. The van der Waals surface area contributed by atoms with E-state index in [1.54, 1.807) is 24.3 Å². The summed E-state index contributed by atoms with van der Waals surface area (Å²) in [6.07, 6.45) is 6.74. The van der Waals surface area contributed by atoms with Gasteiger partial charge in [0.15, 0.2) is 0 Å². The van der Waals surface area contributed by atoms with Gasteiger partial charge in [-0.3, -0.25) is 4.79 Å². The van der Waals surface area contributed by atoms with Crippen LogP contribution < -0.4 is 5.32 Å². The third-order valence-corrected chi connectivity index (χ3v) is 8.92. The number of anilines is 1. The number of aryl methyl sites for hydroxylation is 2. The Morgan fingerprint density at radius 2 is 1.80 bits per heavy atom. The Hall–Kier alpha value is -2.21. The molecule has 6 nitrogen and oxygen atoms in total. The van der Waals surface area contributed by atoms with Gasteiger partial charge in [-0.05, 0) is 68.2 Å². The fourth-order valence-corrected chi connectivity index (χ4v) is 6.90. The van der Waals surface area contributed by atoms with Crippen LogP contribution in [0.25, 0.3) is 0 Å². The van der Waals surface area contributed by atoms with Gasteiger partial charge in [0.2, 0.25) is 15.9 Å². The van der Waals surface area contributed by atoms with Crippen LogP contribution in [-0.4, -0.2) is 31.7 Å². The maximum Gasteiger partial charge on any atom is 0.243 e. The van der Waals surface area contributed by atoms with Gasteiger partial charge in [-0.25, -0.2) is 8.42 Å².